The van der Waals surface area contributed by atoms with Crippen LogP contribution in [0.4, 0.5) is 0 Å². The highest BCUT2D eigenvalue weighted by molar-refractivity contribution is 8.00. The molecule has 0 aliphatic heterocycles. The Balaban J connectivity index is 1.44. The van der Waals surface area contributed by atoms with Gasteiger partial charge >= 0.3 is 0 Å². The number of fused-ring (bicyclic) bond motifs is 1. The third-order valence-electron chi connectivity index (χ3n) is 3.78. The fourth-order valence-electron chi connectivity index (χ4n) is 2.51. The molecule has 0 atom stereocenters. The number of para-hydroxylation sites is 1. The zero-order valence-corrected chi connectivity index (χ0v) is 16.7. The summed E-state index contributed by atoms with van der Waals surface area (Å²) < 4.78 is 4.46. The van der Waals surface area contributed by atoms with Gasteiger partial charge in [-0.3, -0.25) is 4.98 Å². The van der Waals surface area contributed by atoms with E-state index in [-0.39, 0.29) is 0 Å². The van der Waals surface area contributed by atoms with Crippen LogP contribution in [0, 0.1) is 0 Å². The van der Waals surface area contributed by atoms with Crippen LogP contribution >= 0.6 is 34.9 Å². The third-order valence-corrected chi connectivity index (χ3v) is 6.96. The van der Waals surface area contributed by atoms with Crippen LogP contribution in [-0.4, -0.2) is 24.7 Å². The second kappa shape index (κ2) is 8.20. The topological polar surface area (TPSA) is 56.5 Å². The molecular formula is C18H17N5S3. The lowest BCUT2D eigenvalue weighted by atomic mass is 10.3. The summed E-state index contributed by atoms with van der Waals surface area (Å²) in [7, 11) is 0. The molecule has 0 unspecified atom stereocenters. The minimum atomic E-state index is 0.769. The standard InChI is InChI=1S/C18H17N5S3/c1-2-23-16(12-25-18-20-14-8-3-4-9-15(14)26-18)21-22-17(23)24-11-13-7-5-6-10-19-13/h3-10H,2,11-12H2,1H3. The Hall–Kier alpha value is -1.90. The van der Waals surface area contributed by atoms with Gasteiger partial charge in [0.25, 0.3) is 0 Å². The van der Waals surface area contributed by atoms with Crippen molar-refractivity contribution in [3.8, 4) is 0 Å². The van der Waals surface area contributed by atoms with Crippen LogP contribution in [0.15, 0.2) is 58.2 Å². The Morgan fingerprint density at radius 2 is 1.88 bits per heavy atom. The number of hydrogen-bond acceptors (Lipinski definition) is 7. The van der Waals surface area contributed by atoms with Gasteiger partial charge in [0.1, 0.15) is 5.82 Å². The van der Waals surface area contributed by atoms with Crippen molar-refractivity contribution >= 4 is 45.1 Å². The third kappa shape index (κ3) is 3.92. The fourth-order valence-corrected chi connectivity index (χ4v) is 5.46. The Kier molecular flexibility index (Phi) is 5.52. The predicted octanol–water partition coefficient (Wildman–Crippen LogP) is 4.89. The maximum absolute atomic E-state index is 4.68. The van der Waals surface area contributed by atoms with Gasteiger partial charge in [0.15, 0.2) is 9.50 Å². The van der Waals surface area contributed by atoms with E-state index in [9.17, 15) is 0 Å². The Labute approximate surface area is 164 Å². The first-order valence-corrected chi connectivity index (χ1v) is 11.1. The van der Waals surface area contributed by atoms with Gasteiger partial charge in [0.2, 0.25) is 0 Å². The van der Waals surface area contributed by atoms with Crippen molar-refractivity contribution in [2.75, 3.05) is 0 Å². The van der Waals surface area contributed by atoms with E-state index in [0.29, 0.717) is 0 Å². The highest BCUT2D eigenvalue weighted by atomic mass is 32.2. The molecule has 26 heavy (non-hydrogen) atoms. The molecule has 0 aliphatic rings. The zero-order chi connectivity index (χ0) is 17.8. The average Bonchev–Trinajstić information content (AvgIpc) is 3.28. The molecule has 0 amide bonds. The second-order valence-corrected chi connectivity index (χ2v) is 8.68. The number of thiazole rings is 1. The summed E-state index contributed by atoms with van der Waals surface area (Å²) in [5.41, 5.74) is 2.11. The van der Waals surface area contributed by atoms with Gasteiger partial charge in [-0.2, -0.15) is 0 Å². The maximum Gasteiger partial charge on any atom is 0.191 e. The van der Waals surface area contributed by atoms with E-state index in [1.165, 1.54) is 4.70 Å². The highest BCUT2D eigenvalue weighted by Crippen LogP contribution is 2.31. The van der Waals surface area contributed by atoms with E-state index < -0.39 is 0 Å². The van der Waals surface area contributed by atoms with Crippen LogP contribution in [0.5, 0.6) is 0 Å². The summed E-state index contributed by atoms with van der Waals surface area (Å²) in [6, 6.07) is 14.2. The second-order valence-electron chi connectivity index (χ2n) is 5.49. The van der Waals surface area contributed by atoms with Gasteiger partial charge in [-0.25, -0.2) is 4.98 Å². The van der Waals surface area contributed by atoms with Gasteiger partial charge in [0, 0.05) is 18.5 Å². The Morgan fingerprint density at radius 3 is 2.69 bits per heavy atom. The van der Waals surface area contributed by atoms with Crippen molar-refractivity contribution in [1.29, 1.82) is 0 Å². The van der Waals surface area contributed by atoms with Crippen LogP contribution in [0.2, 0.25) is 0 Å². The van der Waals surface area contributed by atoms with E-state index in [1.54, 1.807) is 34.9 Å². The molecule has 3 aromatic heterocycles. The Morgan fingerprint density at radius 1 is 1.00 bits per heavy atom. The van der Waals surface area contributed by atoms with Crippen molar-refractivity contribution in [2.45, 2.75) is 34.5 Å². The van der Waals surface area contributed by atoms with Gasteiger partial charge in [-0.1, -0.05) is 41.7 Å². The quantitative estimate of drug-likeness (QED) is 0.413. The molecule has 3 heterocycles. The van der Waals surface area contributed by atoms with Crippen molar-refractivity contribution in [1.82, 2.24) is 24.7 Å². The summed E-state index contributed by atoms with van der Waals surface area (Å²) >= 11 is 5.12. The van der Waals surface area contributed by atoms with Crippen LogP contribution < -0.4 is 0 Å². The Bertz CT molecular complexity index is 963. The maximum atomic E-state index is 4.68. The molecule has 4 aromatic rings. The number of benzene rings is 1. The molecule has 8 heteroatoms. The summed E-state index contributed by atoms with van der Waals surface area (Å²) in [5.74, 6) is 2.55. The molecular weight excluding hydrogens is 382 g/mol. The lowest BCUT2D eigenvalue weighted by Crippen LogP contribution is -2.02. The summed E-state index contributed by atoms with van der Waals surface area (Å²) in [5, 5.41) is 9.71. The number of aromatic nitrogens is 5. The fraction of sp³-hybridized carbons (Fsp3) is 0.222. The first-order chi connectivity index (χ1) is 12.8. The number of pyridine rings is 1. The molecule has 0 spiro atoms. The van der Waals surface area contributed by atoms with E-state index in [1.807, 2.05) is 36.5 Å². The molecule has 0 saturated heterocycles. The van der Waals surface area contributed by atoms with Crippen LogP contribution in [-0.2, 0) is 18.1 Å². The number of nitrogens with zero attached hydrogens (tertiary/aromatic N) is 5. The van der Waals surface area contributed by atoms with Crippen LogP contribution in [0.25, 0.3) is 10.2 Å². The normalized spacial score (nSPS) is 11.3. The van der Waals surface area contributed by atoms with Crippen LogP contribution in [0.3, 0.4) is 0 Å². The first kappa shape index (κ1) is 17.5. The molecule has 0 radical (unpaired) electrons. The largest absolute Gasteiger partial charge is 0.306 e. The van der Waals surface area contributed by atoms with E-state index in [2.05, 4.69) is 43.8 Å². The molecule has 5 nitrogen and oxygen atoms in total. The number of rotatable bonds is 7. The molecule has 1 aromatic carbocycles. The van der Waals surface area contributed by atoms with Gasteiger partial charge in [-0.15, -0.1) is 21.5 Å². The smallest absolute Gasteiger partial charge is 0.191 e. The van der Waals surface area contributed by atoms with Crippen molar-refractivity contribution < 1.29 is 0 Å². The summed E-state index contributed by atoms with van der Waals surface area (Å²) in [6.45, 7) is 2.98. The van der Waals surface area contributed by atoms with E-state index in [0.717, 1.165) is 44.6 Å². The minimum Gasteiger partial charge on any atom is -0.306 e. The van der Waals surface area contributed by atoms with Crippen molar-refractivity contribution in [3.63, 3.8) is 0 Å². The van der Waals surface area contributed by atoms with E-state index in [4.69, 9.17) is 0 Å². The van der Waals surface area contributed by atoms with Gasteiger partial charge < -0.3 is 4.57 Å². The molecule has 0 N–H and O–H groups in total. The predicted molar refractivity (Wildman–Crippen MR) is 109 cm³/mol. The number of hydrogen-bond donors (Lipinski definition) is 0. The summed E-state index contributed by atoms with van der Waals surface area (Å²) in [4.78, 5) is 9.04. The average molecular weight is 400 g/mol. The summed E-state index contributed by atoms with van der Waals surface area (Å²) in [6.07, 6.45) is 1.82. The van der Waals surface area contributed by atoms with Gasteiger partial charge in [0.05, 0.1) is 21.7 Å². The SMILES string of the molecule is CCn1c(CSc2nc3ccccc3s2)nnc1SCc1ccccn1. The lowest BCUT2D eigenvalue weighted by molar-refractivity contribution is 0.659. The van der Waals surface area contributed by atoms with Crippen LogP contribution in [0.1, 0.15) is 18.4 Å². The monoisotopic (exact) mass is 399 g/mol. The molecule has 0 saturated carbocycles. The van der Waals surface area contributed by atoms with E-state index >= 15 is 0 Å². The minimum absolute atomic E-state index is 0.769. The lowest BCUT2D eigenvalue weighted by Gasteiger charge is -2.06. The molecule has 0 aliphatic carbocycles. The molecule has 0 bridgehead atoms. The van der Waals surface area contributed by atoms with Crippen molar-refractivity contribution in [3.05, 3.63) is 60.2 Å². The number of thioether (sulfide) groups is 2. The van der Waals surface area contributed by atoms with Crippen molar-refractivity contribution in [2.24, 2.45) is 0 Å². The highest BCUT2D eigenvalue weighted by Gasteiger charge is 2.13. The zero-order valence-electron chi connectivity index (χ0n) is 14.2. The first-order valence-electron chi connectivity index (χ1n) is 8.26. The molecule has 0 fully saturated rings. The van der Waals surface area contributed by atoms with Gasteiger partial charge in [-0.05, 0) is 31.2 Å². The molecule has 132 valence electrons. The molecule has 4 rings (SSSR count).